The largest absolute Gasteiger partial charge is 0.381 e. The maximum absolute atomic E-state index is 5.25. The lowest BCUT2D eigenvalue weighted by Gasteiger charge is -2.15. The standard InChI is InChI=1S/C8H16O/c1-8(2)5-4-7(6-8)9-3/h7H,4-6H2,1-3H3. The number of hydrogen-bond acceptors (Lipinski definition) is 1. The molecule has 1 aliphatic carbocycles. The van der Waals surface area contributed by atoms with Gasteiger partial charge in [-0.05, 0) is 24.7 Å². The first-order chi connectivity index (χ1) is 4.14. The lowest BCUT2D eigenvalue weighted by molar-refractivity contribution is 0.0995. The van der Waals surface area contributed by atoms with Crippen LogP contribution in [0.4, 0.5) is 0 Å². The molecular formula is C8H16O. The molecule has 1 rings (SSSR count). The van der Waals surface area contributed by atoms with Crippen molar-refractivity contribution in [1.82, 2.24) is 0 Å². The van der Waals surface area contributed by atoms with Crippen LogP contribution >= 0.6 is 0 Å². The van der Waals surface area contributed by atoms with Gasteiger partial charge in [-0.25, -0.2) is 0 Å². The minimum absolute atomic E-state index is 0.542. The second kappa shape index (κ2) is 2.30. The van der Waals surface area contributed by atoms with Crippen LogP contribution in [0.25, 0.3) is 0 Å². The second-order valence-corrected chi connectivity index (χ2v) is 3.76. The Morgan fingerprint density at radius 2 is 2.11 bits per heavy atom. The van der Waals surface area contributed by atoms with Gasteiger partial charge in [-0.3, -0.25) is 0 Å². The molecule has 1 unspecified atom stereocenters. The Morgan fingerprint density at radius 3 is 2.33 bits per heavy atom. The fourth-order valence-electron chi connectivity index (χ4n) is 1.57. The number of methoxy groups -OCH3 is 1. The van der Waals surface area contributed by atoms with Crippen LogP contribution in [0.5, 0.6) is 0 Å². The van der Waals surface area contributed by atoms with Crippen molar-refractivity contribution in [2.75, 3.05) is 7.11 Å². The van der Waals surface area contributed by atoms with Gasteiger partial charge in [0.25, 0.3) is 0 Å². The average molecular weight is 128 g/mol. The number of rotatable bonds is 1. The monoisotopic (exact) mass is 128 g/mol. The molecule has 0 spiro atoms. The summed E-state index contributed by atoms with van der Waals surface area (Å²) < 4.78 is 5.25. The van der Waals surface area contributed by atoms with Crippen molar-refractivity contribution >= 4 is 0 Å². The summed E-state index contributed by atoms with van der Waals surface area (Å²) >= 11 is 0. The summed E-state index contributed by atoms with van der Waals surface area (Å²) in [6.45, 7) is 4.62. The molecule has 0 aromatic rings. The summed E-state index contributed by atoms with van der Waals surface area (Å²) in [7, 11) is 1.81. The molecular weight excluding hydrogens is 112 g/mol. The molecule has 1 saturated carbocycles. The van der Waals surface area contributed by atoms with Gasteiger partial charge in [-0.2, -0.15) is 0 Å². The highest BCUT2D eigenvalue weighted by molar-refractivity contribution is 4.82. The lowest BCUT2D eigenvalue weighted by Crippen LogP contribution is -2.09. The van der Waals surface area contributed by atoms with E-state index in [0.717, 1.165) is 0 Å². The summed E-state index contributed by atoms with van der Waals surface area (Å²) in [5.41, 5.74) is 0.542. The topological polar surface area (TPSA) is 9.23 Å². The van der Waals surface area contributed by atoms with Gasteiger partial charge in [0.2, 0.25) is 0 Å². The molecule has 0 heterocycles. The van der Waals surface area contributed by atoms with Gasteiger partial charge in [0.1, 0.15) is 0 Å². The van der Waals surface area contributed by atoms with E-state index < -0.39 is 0 Å². The molecule has 0 aliphatic heterocycles. The third kappa shape index (κ3) is 1.68. The highest BCUT2D eigenvalue weighted by Crippen LogP contribution is 2.37. The third-order valence-electron chi connectivity index (χ3n) is 2.26. The molecule has 0 aromatic heterocycles. The lowest BCUT2D eigenvalue weighted by atomic mass is 9.92. The first kappa shape index (κ1) is 7.07. The van der Waals surface area contributed by atoms with Gasteiger partial charge in [0.15, 0.2) is 0 Å². The second-order valence-electron chi connectivity index (χ2n) is 3.76. The summed E-state index contributed by atoms with van der Waals surface area (Å²) in [6.07, 6.45) is 4.36. The maximum atomic E-state index is 5.25. The van der Waals surface area contributed by atoms with E-state index in [9.17, 15) is 0 Å². The molecule has 0 radical (unpaired) electrons. The number of hydrogen-bond donors (Lipinski definition) is 0. The van der Waals surface area contributed by atoms with Crippen molar-refractivity contribution in [3.05, 3.63) is 0 Å². The summed E-state index contributed by atoms with van der Waals surface area (Å²) in [4.78, 5) is 0. The van der Waals surface area contributed by atoms with E-state index in [1.807, 2.05) is 7.11 Å². The van der Waals surface area contributed by atoms with E-state index in [1.165, 1.54) is 19.3 Å². The molecule has 0 amide bonds. The molecule has 1 nitrogen and oxygen atoms in total. The van der Waals surface area contributed by atoms with Gasteiger partial charge in [0, 0.05) is 7.11 Å². The molecule has 0 aromatic carbocycles. The van der Waals surface area contributed by atoms with Crippen LogP contribution < -0.4 is 0 Å². The van der Waals surface area contributed by atoms with Crippen LogP contribution in [0, 0.1) is 5.41 Å². The predicted octanol–water partition coefficient (Wildman–Crippen LogP) is 2.21. The van der Waals surface area contributed by atoms with Gasteiger partial charge in [-0.1, -0.05) is 13.8 Å². The first-order valence-electron chi connectivity index (χ1n) is 3.67. The van der Waals surface area contributed by atoms with Gasteiger partial charge in [-0.15, -0.1) is 0 Å². The minimum atomic E-state index is 0.542. The number of ether oxygens (including phenoxy) is 1. The molecule has 9 heavy (non-hydrogen) atoms. The smallest absolute Gasteiger partial charge is 0.0576 e. The van der Waals surface area contributed by atoms with Crippen molar-refractivity contribution in [2.24, 2.45) is 5.41 Å². The highest BCUT2D eigenvalue weighted by atomic mass is 16.5. The fraction of sp³-hybridized carbons (Fsp3) is 1.00. The van der Waals surface area contributed by atoms with Crippen molar-refractivity contribution in [2.45, 2.75) is 39.2 Å². The summed E-state index contributed by atoms with van der Waals surface area (Å²) in [5.74, 6) is 0. The van der Waals surface area contributed by atoms with Crippen LogP contribution in [0.1, 0.15) is 33.1 Å². The van der Waals surface area contributed by atoms with Gasteiger partial charge >= 0.3 is 0 Å². The molecule has 54 valence electrons. The fourth-order valence-corrected chi connectivity index (χ4v) is 1.57. The Balaban J connectivity index is 2.38. The predicted molar refractivity (Wildman–Crippen MR) is 38.4 cm³/mol. The average Bonchev–Trinajstić information content (AvgIpc) is 2.10. The van der Waals surface area contributed by atoms with Crippen molar-refractivity contribution < 1.29 is 4.74 Å². The quantitative estimate of drug-likeness (QED) is 0.526. The van der Waals surface area contributed by atoms with Crippen molar-refractivity contribution in [3.63, 3.8) is 0 Å². The van der Waals surface area contributed by atoms with Crippen LogP contribution in [-0.4, -0.2) is 13.2 Å². The van der Waals surface area contributed by atoms with Crippen LogP contribution in [0.15, 0.2) is 0 Å². The normalized spacial score (nSPS) is 33.0. The van der Waals surface area contributed by atoms with E-state index in [1.54, 1.807) is 0 Å². The van der Waals surface area contributed by atoms with Crippen molar-refractivity contribution in [3.8, 4) is 0 Å². The van der Waals surface area contributed by atoms with E-state index in [0.29, 0.717) is 11.5 Å². The Labute approximate surface area is 57.4 Å². The maximum Gasteiger partial charge on any atom is 0.0576 e. The van der Waals surface area contributed by atoms with Crippen LogP contribution in [0.2, 0.25) is 0 Å². The van der Waals surface area contributed by atoms with Gasteiger partial charge in [0.05, 0.1) is 6.10 Å². The minimum Gasteiger partial charge on any atom is -0.381 e. The first-order valence-corrected chi connectivity index (χ1v) is 3.67. The molecule has 0 N–H and O–H groups in total. The molecule has 1 fully saturated rings. The Morgan fingerprint density at radius 1 is 1.44 bits per heavy atom. The summed E-state index contributed by atoms with van der Waals surface area (Å²) in [5, 5.41) is 0. The molecule has 0 bridgehead atoms. The Bertz CT molecular complexity index is 96.7. The van der Waals surface area contributed by atoms with E-state index in [4.69, 9.17) is 4.74 Å². The highest BCUT2D eigenvalue weighted by Gasteiger charge is 2.30. The zero-order chi connectivity index (χ0) is 6.91. The molecule has 1 heteroatoms. The van der Waals surface area contributed by atoms with E-state index in [-0.39, 0.29) is 0 Å². The molecule has 1 atom stereocenters. The Kier molecular flexibility index (Phi) is 1.80. The van der Waals surface area contributed by atoms with E-state index >= 15 is 0 Å². The van der Waals surface area contributed by atoms with E-state index in [2.05, 4.69) is 13.8 Å². The van der Waals surface area contributed by atoms with Crippen LogP contribution in [-0.2, 0) is 4.74 Å². The zero-order valence-corrected chi connectivity index (χ0v) is 6.61. The SMILES string of the molecule is COC1CCC(C)(C)C1. The molecule has 1 aliphatic rings. The Hall–Kier alpha value is -0.0400. The third-order valence-corrected chi connectivity index (χ3v) is 2.26. The van der Waals surface area contributed by atoms with Gasteiger partial charge < -0.3 is 4.74 Å². The summed E-state index contributed by atoms with van der Waals surface area (Å²) in [6, 6.07) is 0. The zero-order valence-electron chi connectivity index (χ0n) is 6.61. The van der Waals surface area contributed by atoms with Crippen LogP contribution in [0.3, 0.4) is 0 Å². The van der Waals surface area contributed by atoms with Crippen molar-refractivity contribution in [1.29, 1.82) is 0 Å². The molecule has 0 saturated heterocycles.